The third kappa shape index (κ3) is 6.07. The van der Waals surface area contributed by atoms with Gasteiger partial charge in [0.05, 0.1) is 11.3 Å². The first-order chi connectivity index (χ1) is 14.0. The van der Waals surface area contributed by atoms with Gasteiger partial charge in [0.2, 0.25) is 5.91 Å². The fourth-order valence-corrected chi connectivity index (χ4v) is 4.55. The second-order valence-electron chi connectivity index (χ2n) is 7.39. The monoisotopic (exact) mass is 414 g/mol. The molecule has 2 aromatic carbocycles. The van der Waals surface area contributed by atoms with Gasteiger partial charge in [-0.05, 0) is 42.7 Å². The van der Waals surface area contributed by atoms with Crippen molar-refractivity contribution in [2.24, 2.45) is 0 Å². The molecule has 0 atom stereocenters. The summed E-state index contributed by atoms with van der Waals surface area (Å²) in [7, 11) is 1.89. The minimum atomic E-state index is -0.301. The van der Waals surface area contributed by atoms with Crippen molar-refractivity contribution >= 4 is 23.6 Å². The van der Waals surface area contributed by atoms with Gasteiger partial charge in [-0.25, -0.2) is 4.39 Å². The number of amides is 2. The zero-order valence-electron chi connectivity index (χ0n) is 16.7. The minimum Gasteiger partial charge on any atom is -0.348 e. The first-order valence-electron chi connectivity index (χ1n) is 10.0. The molecule has 0 heterocycles. The Kier molecular flexibility index (Phi) is 7.69. The van der Waals surface area contributed by atoms with Gasteiger partial charge >= 0.3 is 0 Å². The maximum Gasteiger partial charge on any atom is 0.252 e. The van der Waals surface area contributed by atoms with Gasteiger partial charge in [0.1, 0.15) is 5.82 Å². The van der Waals surface area contributed by atoms with Crippen LogP contribution in [0.15, 0.2) is 53.4 Å². The molecule has 0 unspecified atom stereocenters. The largest absolute Gasteiger partial charge is 0.348 e. The maximum atomic E-state index is 13.0. The highest BCUT2D eigenvalue weighted by Crippen LogP contribution is 2.25. The molecule has 2 amide bonds. The van der Waals surface area contributed by atoms with Gasteiger partial charge in [-0.2, -0.15) is 0 Å². The molecule has 4 nitrogen and oxygen atoms in total. The van der Waals surface area contributed by atoms with Crippen molar-refractivity contribution < 1.29 is 14.0 Å². The van der Waals surface area contributed by atoms with Crippen LogP contribution in [-0.2, 0) is 11.3 Å². The van der Waals surface area contributed by atoms with Crippen molar-refractivity contribution in [1.82, 2.24) is 10.2 Å². The van der Waals surface area contributed by atoms with Crippen molar-refractivity contribution in [1.29, 1.82) is 0 Å². The average Bonchev–Trinajstić information content (AvgIpc) is 2.77. The van der Waals surface area contributed by atoms with Crippen LogP contribution in [0.3, 0.4) is 0 Å². The van der Waals surface area contributed by atoms with E-state index in [2.05, 4.69) is 5.32 Å². The van der Waals surface area contributed by atoms with Crippen LogP contribution in [0.4, 0.5) is 4.39 Å². The van der Waals surface area contributed by atoms with Crippen LogP contribution >= 0.6 is 11.8 Å². The summed E-state index contributed by atoms with van der Waals surface area (Å²) in [6.45, 7) is 0.321. The Morgan fingerprint density at radius 1 is 1.07 bits per heavy atom. The number of hydrogen-bond donors (Lipinski definition) is 1. The Bertz CT molecular complexity index is 835. The fourth-order valence-electron chi connectivity index (χ4n) is 3.57. The van der Waals surface area contributed by atoms with E-state index in [0.717, 1.165) is 23.3 Å². The van der Waals surface area contributed by atoms with E-state index in [1.165, 1.54) is 43.2 Å². The predicted octanol–water partition coefficient (Wildman–Crippen LogP) is 4.64. The summed E-state index contributed by atoms with van der Waals surface area (Å²) in [4.78, 5) is 27.9. The van der Waals surface area contributed by atoms with Crippen LogP contribution in [0, 0.1) is 5.82 Å². The number of nitrogens with one attached hydrogen (secondary N) is 1. The van der Waals surface area contributed by atoms with E-state index in [-0.39, 0.29) is 17.6 Å². The molecule has 0 aliphatic heterocycles. The average molecular weight is 415 g/mol. The van der Waals surface area contributed by atoms with Gasteiger partial charge in [-0.1, -0.05) is 43.5 Å². The van der Waals surface area contributed by atoms with E-state index in [0.29, 0.717) is 23.9 Å². The lowest BCUT2D eigenvalue weighted by atomic mass is 9.94. The molecule has 154 valence electrons. The van der Waals surface area contributed by atoms with E-state index in [1.807, 2.05) is 30.1 Å². The van der Waals surface area contributed by atoms with Crippen molar-refractivity contribution in [2.45, 2.75) is 49.6 Å². The second-order valence-corrected chi connectivity index (χ2v) is 8.41. The molecular weight excluding hydrogens is 387 g/mol. The summed E-state index contributed by atoms with van der Waals surface area (Å²) < 4.78 is 13.0. The molecule has 6 heteroatoms. The molecule has 1 N–H and O–H groups in total. The van der Waals surface area contributed by atoms with E-state index in [9.17, 15) is 14.0 Å². The van der Waals surface area contributed by atoms with Crippen molar-refractivity contribution in [2.75, 3.05) is 12.8 Å². The third-order valence-corrected chi connectivity index (χ3v) is 6.42. The van der Waals surface area contributed by atoms with Crippen molar-refractivity contribution in [3.05, 3.63) is 65.5 Å². The molecular formula is C23H27FN2O2S. The third-order valence-electron chi connectivity index (χ3n) is 5.36. The smallest absolute Gasteiger partial charge is 0.252 e. The van der Waals surface area contributed by atoms with E-state index in [1.54, 1.807) is 18.2 Å². The Balaban J connectivity index is 1.57. The number of carbonyl (C=O) groups excluding carboxylic acids is 2. The number of benzene rings is 2. The van der Waals surface area contributed by atoms with Gasteiger partial charge in [-0.15, -0.1) is 11.8 Å². The highest BCUT2D eigenvalue weighted by atomic mass is 32.2. The summed E-state index contributed by atoms with van der Waals surface area (Å²) >= 11 is 1.40. The fraction of sp³-hybridized carbons (Fsp3) is 0.391. The lowest BCUT2D eigenvalue weighted by Gasteiger charge is -2.31. The molecule has 1 aliphatic rings. The normalized spacial score (nSPS) is 14.4. The molecule has 0 saturated heterocycles. The standard InChI is InChI=1S/C23H27FN2O2S/c1-26(19-7-3-2-4-8-19)22(27)16-29-21-10-6-5-9-20(21)23(28)25-15-17-11-13-18(24)14-12-17/h5-6,9-14,19H,2-4,7-8,15-16H2,1H3,(H,25,28). The molecule has 1 fully saturated rings. The number of carbonyl (C=O) groups is 2. The molecule has 0 spiro atoms. The Labute approximate surface area is 175 Å². The Hall–Kier alpha value is -2.34. The van der Waals surface area contributed by atoms with Crippen LogP contribution in [0.5, 0.6) is 0 Å². The maximum absolute atomic E-state index is 13.0. The zero-order valence-corrected chi connectivity index (χ0v) is 17.5. The molecule has 3 rings (SSSR count). The number of rotatable bonds is 7. The predicted molar refractivity (Wildman–Crippen MR) is 114 cm³/mol. The molecule has 0 radical (unpaired) electrons. The lowest BCUT2D eigenvalue weighted by Crippen LogP contribution is -2.39. The minimum absolute atomic E-state index is 0.100. The summed E-state index contributed by atoms with van der Waals surface area (Å²) in [5.74, 6) is -0.0893. The summed E-state index contributed by atoms with van der Waals surface area (Å²) in [5, 5.41) is 2.87. The van der Waals surface area contributed by atoms with Crippen LogP contribution in [0.1, 0.15) is 48.0 Å². The van der Waals surface area contributed by atoms with Gasteiger partial charge in [-0.3, -0.25) is 9.59 Å². The lowest BCUT2D eigenvalue weighted by molar-refractivity contribution is -0.129. The zero-order chi connectivity index (χ0) is 20.6. The van der Waals surface area contributed by atoms with Gasteiger partial charge < -0.3 is 10.2 Å². The quantitative estimate of drug-likeness (QED) is 0.672. The van der Waals surface area contributed by atoms with E-state index in [4.69, 9.17) is 0 Å². The first-order valence-corrected chi connectivity index (χ1v) is 11.0. The topological polar surface area (TPSA) is 49.4 Å². The Morgan fingerprint density at radius 3 is 2.48 bits per heavy atom. The van der Waals surface area contributed by atoms with Crippen LogP contribution in [0.2, 0.25) is 0 Å². The van der Waals surface area contributed by atoms with Crippen LogP contribution < -0.4 is 5.32 Å². The molecule has 29 heavy (non-hydrogen) atoms. The molecule has 0 aromatic heterocycles. The molecule has 0 bridgehead atoms. The van der Waals surface area contributed by atoms with Gasteiger partial charge in [0.25, 0.3) is 5.91 Å². The number of hydrogen-bond acceptors (Lipinski definition) is 3. The SMILES string of the molecule is CN(C(=O)CSc1ccccc1C(=O)NCc1ccc(F)cc1)C1CCCCC1. The Morgan fingerprint density at radius 2 is 1.76 bits per heavy atom. The van der Waals surface area contributed by atoms with Gasteiger partial charge in [0.15, 0.2) is 0 Å². The van der Waals surface area contributed by atoms with Crippen molar-refractivity contribution in [3.63, 3.8) is 0 Å². The number of halogens is 1. The van der Waals surface area contributed by atoms with Gasteiger partial charge in [0, 0.05) is 24.5 Å². The van der Waals surface area contributed by atoms with Crippen molar-refractivity contribution in [3.8, 4) is 0 Å². The molecule has 1 saturated carbocycles. The summed E-state index contributed by atoms with van der Waals surface area (Å²) in [6.07, 6.45) is 5.79. The summed E-state index contributed by atoms with van der Waals surface area (Å²) in [5.41, 5.74) is 1.38. The first kappa shape index (κ1) is 21.4. The molecule has 1 aliphatic carbocycles. The second kappa shape index (κ2) is 10.4. The highest BCUT2D eigenvalue weighted by molar-refractivity contribution is 8.00. The summed E-state index contributed by atoms with van der Waals surface area (Å²) in [6, 6.07) is 13.7. The molecule has 2 aromatic rings. The van der Waals surface area contributed by atoms with E-state index >= 15 is 0 Å². The highest BCUT2D eigenvalue weighted by Gasteiger charge is 2.22. The number of thioether (sulfide) groups is 1. The van der Waals surface area contributed by atoms with E-state index < -0.39 is 0 Å². The van der Waals surface area contributed by atoms with Crippen LogP contribution in [0.25, 0.3) is 0 Å². The van der Waals surface area contributed by atoms with Crippen LogP contribution in [-0.4, -0.2) is 35.6 Å². The number of nitrogens with zero attached hydrogens (tertiary/aromatic N) is 1.